The Kier molecular flexibility index (Phi) is 12.1. The van der Waals surface area contributed by atoms with Gasteiger partial charge < -0.3 is 31.1 Å². The van der Waals surface area contributed by atoms with Crippen LogP contribution in [0, 0.1) is 5.92 Å². The largest absolute Gasteiger partial charge is 0.444 e. The number of alkyl carbamates (subject to hydrolysis) is 1. The van der Waals surface area contributed by atoms with Crippen molar-refractivity contribution in [1.82, 2.24) is 26.3 Å². The molecule has 0 saturated heterocycles. The first-order valence-electron chi connectivity index (χ1n) is 13.6. The maximum Gasteiger partial charge on any atom is 0.407 e. The number of nitrogens with zero attached hydrogens (tertiary/aromatic N) is 1. The number of hydrogen-bond donors (Lipinski definition) is 5. The minimum atomic E-state index is -1.65. The van der Waals surface area contributed by atoms with Crippen molar-refractivity contribution in [2.75, 3.05) is 7.05 Å². The number of rotatable bonds is 14. The summed E-state index contributed by atoms with van der Waals surface area (Å²) in [6.07, 6.45) is 2.17. The maximum atomic E-state index is 13.3. The molecule has 0 saturated carbocycles. The molecule has 1 aromatic heterocycles. The summed E-state index contributed by atoms with van der Waals surface area (Å²) in [5.74, 6) is -0.729. The van der Waals surface area contributed by atoms with Crippen LogP contribution in [0.15, 0.2) is 72.4 Å². The first-order chi connectivity index (χ1) is 19.7. The van der Waals surface area contributed by atoms with E-state index in [0.29, 0.717) is 12.8 Å². The summed E-state index contributed by atoms with van der Waals surface area (Å²) in [6.45, 7) is 3.74. The number of urea groups is 1. The number of carbonyl (C=O) groups excluding carboxylic acids is 3. The lowest BCUT2D eigenvalue weighted by Crippen LogP contribution is -2.59. The number of ether oxygens (including phenoxy) is 1. The lowest BCUT2D eigenvalue weighted by atomic mass is 9.92. The molecule has 5 N–H and O–H groups in total. The summed E-state index contributed by atoms with van der Waals surface area (Å²) in [5.41, 5.74) is 1.85. The lowest BCUT2D eigenvalue weighted by molar-refractivity contribution is -0.132. The van der Waals surface area contributed by atoms with Gasteiger partial charge in [0.05, 0.1) is 10.4 Å². The highest BCUT2D eigenvalue weighted by atomic mass is 32.1. The molecule has 0 radical (unpaired) electrons. The molecular weight excluding hydrogens is 542 g/mol. The molecule has 0 aliphatic rings. The van der Waals surface area contributed by atoms with Gasteiger partial charge >= 0.3 is 12.1 Å². The molecule has 0 aliphatic carbocycles. The fraction of sp³-hybridized carbons (Fsp3) is 0.400. The minimum Gasteiger partial charge on any atom is -0.444 e. The van der Waals surface area contributed by atoms with E-state index >= 15 is 0 Å². The Bertz CT molecular complexity index is 1230. The van der Waals surface area contributed by atoms with Gasteiger partial charge in [-0.3, -0.25) is 9.78 Å². The number of carbonyl (C=O) groups is 3. The van der Waals surface area contributed by atoms with Gasteiger partial charge in [0.15, 0.2) is 0 Å². The summed E-state index contributed by atoms with van der Waals surface area (Å²) < 4.78 is 5.39. The zero-order valence-electron chi connectivity index (χ0n) is 23.6. The predicted molar refractivity (Wildman–Crippen MR) is 158 cm³/mol. The molecule has 0 aliphatic heterocycles. The molecule has 41 heavy (non-hydrogen) atoms. The maximum absolute atomic E-state index is 13.3. The van der Waals surface area contributed by atoms with Crippen molar-refractivity contribution in [3.63, 3.8) is 0 Å². The molecule has 2 aromatic carbocycles. The second kappa shape index (κ2) is 15.7. The van der Waals surface area contributed by atoms with Gasteiger partial charge in [0.25, 0.3) is 0 Å². The molecule has 0 spiro atoms. The van der Waals surface area contributed by atoms with Crippen molar-refractivity contribution in [3.05, 3.63) is 88.4 Å². The van der Waals surface area contributed by atoms with Crippen molar-refractivity contribution in [1.29, 1.82) is 0 Å². The number of thiazole rings is 1. The third-order valence-corrected chi connectivity index (χ3v) is 7.29. The van der Waals surface area contributed by atoms with Crippen molar-refractivity contribution in [2.45, 2.75) is 63.9 Å². The van der Waals surface area contributed by atoms with Crippen LogP contribution < -0.4 is 21.3 Å². The average Bonchev–Trinajstić information content (AvgIpc) is 3.48. The van der Waals surface area contributed by atoms with E-state index in [4.69, 9.17) is 4.74 Å². The molecule has 0 fully saturated rings. The van der Waals surface area contributed by atoms with E-state index in [1.165, 1.54) is 18.4 Å². The summed E-state index contributed by atoms with van der Waals surface area (Å²) in [6, 6.07) is 17.3. The molecular formula is C30H39N5O5S. The lowest BCUT2D eigenvalue weighted by Gasteiger charge is -2.34. The normalized spacial score (nSPS) is 13.9. The Hall–Kier alpha value is -3.96. The summed E-state index contributed by atoms with van der Waals surface area (Å²) >= 11 is 1.40. The molecule has 0 bridgehead atoms. The molecule has 220 valence electrons. The van der Waals surface area contributed by atoms with E-state index < -0.39 is 35.8 Å². The standard InChI is InChI=1S/C30H39N5O5S/c1-21(2)26(34-28(37)31-3)27(36)35-30(39,17-23-12-8-5-9-13-23)15-14-24(16-22-10-6-4-7-11-22)33-29(38)40-19-25-18-32-20-41-25/h4-13,18,20-21,24,26,39H,14-17,19H2,1-3H3,(H,33,38)(H,35,36)(H2,31,34,37)/t24-,26?,30-/m0/s1. The van der Waals surface area contributed by atoms with Crippen molar-refractivity contribution in [3.8, 4) is 0 Å². The van der Waals surface area contributed by atoms with E-state index in [1.807, 2.05) is 74.5 Å². The third kappa shape index (κ3) is 10.8. The van der Waals surface area contributed by atoms with Gasteiger partial charge in [-0.25, -0.2) is 9.59 Å². The number of aromatic nitrogens is 1. The molecule has 1 heterocycles. The fourth-order valence-electron chi connectivity index (χ4n) is 4.38. The quantitative estimate of drug-likeness (QED) is 0.184. The van der Waals surface area contributed by atoms with Crippen LogP contribution in [-0.4, -0.2) is 53.0 Å². The van der Waals surface area contributed by atoms with Crippen molar-refractivity contribution < 1.29 is 24.2 Å². The number of aliphatic hydroxyl groups is 1. The van der Waals surface area contributed by atoms with E-state index in [2.05, 4.69) is 26.3 Å². The van der Waals surface area contributed by atoms with Crippen LogP contribution >= 0.6 is 11.3 Å². The summed E-state index contributed by atoms with van der Waals surface area (Å²) in [5, 5.41) is 22.7. The molecule has 3 atom stereocenters. The van der Waals surface area contributed by atoms with Crippen LogP contribution in [0.4, 0.5) is 9.59 Å². The van der Waals surface area contributed by atoms with Gasteiger partial charge in [0.1, 0.15) is 18.4 Å². The van der Waals surface area contributed by atoms with E-state index in [9.17, 15) is 19.5 Å². The SMILES string of the molecule is CNC(=O)NC(C(=O)N[C@](O)(CC[C@@H](Cc1ccccc1)NC(=O)OCc1cncs1)Cc1ccccc1)C(C)C. The Balaban J connectivity index is 1.77. The Morgan fingerprint density at radius 1 is 1.00 bits per heavy atom. The molecule has 11 heteroatoms. The number of benzene rings is 2. The van der Waals surface area contributed by atoms with Crippen LogP contribution in [-0.2, 0) is 29.0 Å². The van der Waals surface area contributed by atoms with Crippen LogP contribution in [0.2, 0.25) is 0 Å². The Morgan fingerprint density at radius 3 is 2.24 bits per heavy atom. The van der Waals surface area contributed by atoms with Gasteiger partial charge in [-0.05, 0) is 36.3 Å². The highest BCUT2D eigenvalue weighted by Crippen LogP contribution is 2.21. The molecule has 1 unspecified atom stereocenters. The predicted octanol–water partition coefficient (Wildman–Crippen LogP) is 3.76. The molecule has 3 rings (SSSR count). The summed E-state index contributed by atoms with van der Waals surface area (Å²) in [7, 11) is 1.47. The first-order valence-corrected chi connectivity index (χ1v) is 14.5. The van der Waals surface area contributed by atoms with Gasteiger partial charge in [0.2, 0.25) is 5.91 Å². The molecule has 10 nitrogen and oxygen atoms in total. The van der Waals surface area contributed by atoms with E-state index in [0.717, 1.165) is 16.0 Å². The first kappa shape index (κ1) is 31.6. The highest BCUT2D eigenvalue weighted by molar-refractivity contribution is 7.09. The average molecular weight is 582 g/mol. The fourth-order valence-corrected chi connectivity index (χ4v) is 4.89. The van der Waals surface area contributed by atoms with Crippen molar-refractivity contribution in [2.24, 2.45) is 5.92 Å². The van der Waals surface area contributed by atoms with E-state index in [1.54, 1.807) is 11.7 Å². The topological polar surface area (TPSA) is 142 Å². The second-order valence-electron chi connectivity index (χ2n) is 10.2. The van der Waals surface area contributed by atoms with Gasteiger partial charge in [-0.2, -0.15) is 0 Å². The minimum absolute atomic E-state index is 0.109. The highest BCUT2D eigenvalue weighted by Gasteiger charge is 2.34. The van der Waals surface area contributed by atoms with Gasteiger partial charge in [-0.1, -0.05) is 74.5 Å². The zero-order chi connectivity index (χ0) is 29.7. The van der Waals surface area contributed by atoms with Crippen LogP contribution in [0.5, 0.6) is 0 Å². The van der Waals surface area contributed by atoms with Crippen LogP contribution in [0.25, 0.3) is 0 Å². The summed E-state index contributed by atoms with van der Waals surface area (Å²) in [4.78, 5) is 42.9. The second-order valence-corrected chi connectivity index (χ2v) is 11.2. The monoisotopic (exact) mass is 581 g/mol. The van der Waals surface area contributed by atoms with Crippen molar-refractivity contribution >= 4 is 29.4 Å². The van der Waals surface area contributed by atoms with E-state index in [-0.39, 0.29) is 25.4 Å². The Labute approximate surface area is 244 Å². The number of nitrogens with one attached hydrogen (secondary N) is 4. The van der Waals surface area contributed by atoms with Crippen LogP contribution in [0.3, 0.4) is 0 Å². The molecule has 4 amide bonds. The van der Waals surface area contributed by atoms with Crippen LogP contribution in [0.1, 0.15) is 42.7 Å². The molecule has 3 aromatic rings. The Morgan fingerprint density at radius 2 is 1.66 bits per heavy atom. The number of hydrogen-bond acceptors (Lipinski definition) is 7. The third-order valence-electron chi connectivity index (χ3n) is 6.54. The van der Waals surface area contributed by atoms with Gasteiger partial charge in [-0.15, -0.1) is 11.3 Å². The smallest absolute Gasteiger partial charge is 0.407 e. The number of amides is 4. The zero-order valence-corrected chi connectivity index (χ0v) is 24.4. The van der Waals surface area contributed by atoms with Gasteiger partial charge in [0, 0.05) is 25.7 Å².